The van der Waals surface area contributed by atoms with Crippen LogP contribution in [-0.2, 0) is 9.59 Å². The fourth-order valence-electron chi connectivity index (χ4n) is 0.906. The van der Waals surface area contributed by atoms with Crippen molar-refractivity contribution in [2.24, 2.45) is 0 Å². The highest BCUT2D eigenvalue weighted by atomic mass is 16.2. The molecular weight excluding hydrogens is 144 g/mol. The number of piperazine rings is 1. The molecule has 4 heteroatoms. The van der Waals surface area contributed by atoms with Gasteiger partial charge in [0.15, 0.2) is 0 Å². The second-order valence-corrected chi connectivity index (χ2v) is 2.69. The summed E-state index contributed by atoms with van der Waals surface area (Å²) in [5.41, 5.74) is 0. The second kappa shape index (κ2) is 6.04. The first kappa shape index (κ1) is 10.3. The summed E-state index contributed by atoms with van der Waals surface area (Å²) in [4.78, 5) is 21.0. The number of carbonyl (C=O) groups excluding carboxylic acids is 2. The first-order valence-electron chi connectivity index (χ1n) is 3.57. The molecule has 4 nitrogen and oxygen atoms in total. The fraction of sp³-hybridized carbons (Fsp3) is 0.857. The Morgan fingerprint density at radius 1 is 0.909 bits per heavy atom. The molecule has 0 aliphatic carbocycles. The van der Waals surface area contributed by atoms with Crippen molar-refractivity contribution in [2.45, 2.75) is 0 Å². The van der Waals surface area contributed by atoms with E-state index in [2.05, 4.69) is 23.9 Å². The lowest BCUT2D eigenvalue weighted by atomic mass is 10.4. The molecule has 0 unspecified atom stereocenters. The first-order chi connectivity index (χ1) is 5.20. The van der Waals surface area contributed by atoms with E-state index in [1.807, 2.05) is 0 Å². The average Bonchev–Trinajstić information content (AvgIpc) is 1.97. The summed E-state index contributed by atoms with van der Waals surface area (Å²) >= 11 is 0. The molecule has 1 aliphatic heterocycles. The minimum Gasteiger partial charge on any atom is -0.304 e. The topological polar surface area (TPSA) is 40.6 Å². The van der Waals surface area contributed by atoms with E-state index < -0.39 is 0 Å². The van der Waals surface area contributed by atoms with Gasteiger partial charge in [-0.25, -0.2) is 0 Å². The Morgan fingerprint density at radius 2 is 1.09 bits per heavy atom. The molecule has 64 valence electrons. The third-order valence-electron chi connectivity index (χ3n) is 1.73. The van der Waals surface area contributed by atoms with Gasteiger partial charge in [0.25, 0.3) is 0 Å². The van der Waals surface area contributed by atoms with E-state index in [0.29, 0.717) is 0 Å². The highest BCUT2D eigenvalue weighted by molar-refractivity contribution is 5.20. The highest BCUT2D eigenvalue weighted by Crippen LogP contribution is 1.93. The van der Waals surface area contributed by atoms with E-state index in [1.54, 1.807) is 0 Å². The third-order valence-corrected chi connectivity index (χ3v) is 1.73. The molecule has 0 amide bonds. The molecule has 1 rings (SSSR count). The third kappa shape index (κ3) is 5.73. The molecule has 0 aromatic rings. The molecule has 0 aromatic heterocycles. The summed E-state index contributed by atoms with van der Waals surface area (Å²) in [5, 5.41) is 0. The zero-order valence-electron chi connectivity index (χ0n) is 7.04. The van der Waals surface area contributed by atoms with E-state index in [9.17, 15) is 0 Å². The van der Waals surface area contributed by atoms with Crippen molar-refractivity contribution in [1.82, 2.24) is 9.80 Å². The van der Waals surface area contributed by atoms with Crippen LogP contribution in [-0.4, -0.2) is 56.2 Å². The standard InChI is InChI=1S/C6H14N2.CO2/c1-7-3-5-8(2)6-4-7;2-1-3/h3-6H2,1-2H3;. The van der Waals surface area contributed by atoms with Crippen LogP contribution in [0.2, 0.25) is 0 Å². The van der Waals surface area contributed by atoms with Gasteiger partial charge in [0.2, 0.25) is 0 Å². The van der Waals surface area contributed by atoms with E-state index in [0.717, 1.165) is 0 Å². The SMILES string of the molecule is CN1CCN(C)CC1.O=C=O. The van der Waals surface area contributed by atoms with Crippen molar-refractivity contribution >= 4 is 6.15 Å². The smallest absolute Gasteiger partial charge is 0.304 e. The van der Waals surface area contributed by atoms with Gasteiger partial charge in [-0.05, 0) is 14.1 Å². The highest BCUT2D eigenvalue weighted by Gasteiger charge is 2.07. The zero-order chi connectivity index (χ0) is 8.69. The number of likely N-dealkylation sites (N-methyl/N-ethyl adjacent to an activating group) is 2. The van der Waals surface area contributed by atoms with E-state index in [4.69, 9.17) is 9.59 Å². The minimum atomic E-state index is 0.250. The van der Waals surface area contributed by atoms with Crippen LogP contribution in [0.4, 0.5) is 0 Å². The maximum absolute atomic E-state index is 8.12. The molecule has 0 bridgehead atoms. The molecule has 1 saturated heterocycles. The predicted molar refractivity (Wildman–Crippen MR) is 40.0 cm³/mol. The largest absolute Gasteiger partial charge is 0.373 e. The molecule has 1 fully saturated rings. The molecule has 0 saturated carbocycles. The molecule has 0 N–H and O–H groups in total. The molecule has 11 heavy (non-hydrogen) atoms. The average molecular weight is 158 g/mol. The van der Waals surface area contributed by atoms with E-state index in [1.165, 1.54) is 26.2 Å². The number of hydrogen-bond donors (Lipinski definition) is 0. The first-order valence-corrected chi connectivity index (χ1v) is 3.57. The molecule has 1 heterocycles. The summed E-state index contributed by atoms with van der Waals surface area (Å²) in [6.45, 7) is 4.93. The molecule has 0 atom stereocenters. The van der Waals surface area contributed by atoms with Crippen molar-refractivity contribution in [1.29, 1.82) is 0 Å². The maximum atomic E-state index is 8.12. The molecule has 1 aliphatic rings. The van der Waals surface area contributed by atoms with Crippen molar-refractivity contribution < 1.29 is 9.59 Å². The zero-order valence-corrected chi connectivity index (χ0v) is 7.04. The van der Waals surface area contributed by atoms with Crippen LogP contribution in [0, 0.1) is 0 Å². The molecule has 0 aromatic carbocycles. The Balaban J connectivity index is 0.000000292. The van der Waals surface area contributed by atoms with Gasteiger partial charge < -0.3 is 9.80 Å². The Bertz CT molecular complexity index is 114. The van der Waals surface area contributed by atoms with Crippen LogP contribution >= 0.6 is 0 Å². The van der Waals surface area contributed by atoms with Crippen LogP contribution < -0.4 is 0 Å². The lowest BCUT2D eigenvalue weighted by Gasteiger charge is -2.28. The van der Waals surface area contributed by atoms with Crippen LogP contribution in [0.1, 0.15) is 0 Å². The van der Waals surface area contributed by atoms with Gasteiger partial charge in [-0.15, -0.1) is 0 Å². The quantitative estimate of drug-likeness (QED) is 0.466. The van der Waals surface area contributed by atoms with Crippen molar-refractivity contribution in [3.8, 4) is 0 Å². The van der Waals surface area contributed by atoms with Gasteiger partial charge >= 0.3 is 6.15 Å². The Morgan fingerprint density at radius 3 is 1.27 bits per heavy atom. The van der Waals surface area contributed by atoms with Crippen LogP contribution in [0.3, 0.4) is 0 Å². The van der Waals surface area contributed by atoms with Gasteiger partial charge in [0.1, 0.15) is 0 Å². The van der Waals surface area contributed by atoms with Gasteiger partial charge in [0, 0.05) is 26.2 Å². The van der Waals surface area contributed by atoms with Crippen LogP contribution in [0.5, 0.6) is 0 Å². The van der Waals surface area contributed by atoms with E-state index >= 15 is 0 Å². The minimum absolute atomic E-state index is 0.250. The summed E-state index contributed by atoms with van der Waals surface area (Å²) < 4.78 is 0. The fourth-order valence-corrected chi connectivity index (χ4v) is 0.906. The van der Waals surface area contributed by atoms with Crippen LogP contribution in [0.15, 0.2) is 0 Å². The molecule has 0 radical (unpaired) electrons. The van der Waals surface area contributed by atoms with E-state index in [-0.39, 0.29) is 6.15 Å². The maximum Gasteiger partial charge on any atom is 0.373 e. The van der Waals surface area contributed by atoms with Gasteiger partial charge in [-0.3, -0.25) is 0 Å². The summed E-state index contributed by atoms with van der Waals surface area (Å²) in [7, 11) is 4.35. The number of nitrogens with zero attached hydrogens (tertiary/aromatic N) is 2. The summed E-state index contributed by atoms with van der Waals surface area (Å²) in [5.74, 6) is 0. The second-order valence-electron chi connectivity index (χ2n) is 2.69. The molecule has 0 spiro atoms. The molecular formula is C7H14N2O2. The lowest BCUT2D eigenvalue weighted by molar-refractivity contribution is -0.191. The van der Waals surface area contributed by atoms with Crippen molar-refractivity contribution in [3.63, 3.8) is 0 Å². The van der Waals surface area contributed by atoms with Crippen LogP contribution in [0.25, 0.3) is 0 Å². The lowest BCUT2D eigenvalue weighted by Crippen LogP contribution is -2.42. The number of rotatable bonds is 0. The monoisotopic (exact) mass is 158 g/mol. The predicted octanol–water partition coefficient (Wildman–Crippen LogP) is -0.720. The van der Waals surface area contributed by atoms with Gasteiger partial charge in [-0.2, -0.15) is 9.59 Å². The van der Waals surface area contributed by atoms with Crippen molar-refractivity contribution in [2.75, 3.05) is 40.3 Å². The Kier molecular flexibility index (Phi) is 5.65. The number of hydrogen-bond acceptors (Lipinski definition) is 4. The summed E-state index contributed by atoms with van der Waals surface area (Å²) in [6.07, 6.45) is 0.250. The van der Waals surface area contributed by atoms with Gasteiger partial charge in [-0.1, -0.05) is 0 Å². The normalized spacial score (nSPS) is 19.8. The Labute approximate surface area is 66.8 Å². The summed E-state index contributed by atoms with van der Waals surface area (Å²) in [6, 6.07) is 0. The van der Waals surface area contributed by atoms with Gasteiger partial charge in [0.05, 0.1) is 0 Å². The van der Waals surface area contributed by atoms with Crippen molar-refractivity contribution in [3.05, 3.63) is 0 Å². The Hall–Kier alpha value is -0.700.